The number of nitrogens with two attached hydrogens (primary N) is 1. The first-order valence-corrected chi connectivity index (χ1v) is 6.94. The van der Waals surface area contributed by atoms with Gasteiger partial charge in [-0.15, -0.1) is 0 Å². The zero-order valence-electron chi connectivity index (χ0n) is 9.32. The van der Waals surface area contributed by atoms with Crippen LogP contribution in [0.25, 0.3) is 0 Å². The molecule has 0 aromatic carbocycles. The van der Waals surface area contributed by atoms with E-state index in [0.29, 0.717) is 25.9 Å². The van der Waals surface area contributed by atoms with E-state index in [1.165, 1.54) is 0 Å². The quantitative estimate of drug-likeness (QED) is 0.705. The predicted molar refractivity (Wildman–Crippen MR) is 64.3 cm³/mol. The third kappa shape index (κ3) is 3.30. The van der Waals surface area contributed by atoms with Gasteiger partial charge >= 0.3 is 5.76 Å². The fourth-order valence-corrected chi connectivity index (χ4v) is 2.98. The molecular formula is C8H15F2N3O2S2. The topological polar surface area (TPSA) is 75.4 Å². The molecule has 0 saturated carbocycles. The van der Waals surface area contributed by atoms with Crippen LogP contribution >= 0.6 is 12.2 Å². The number of nitrogens with zero attached hydrogens (tertiary/aromatic N) is 1. The van der Waals surface area contributed by atoms with E-state index in [4.69, 9.17) is 18.0 Å². The molecule has 0 aliphatic carbocycles. The van der Waals surface area contributed by atoms with E-state index < -0.39 is 21.3 Å². The number of halogens is 2. The smallest absolute Gasteiger partial charge is 0.350 e. The summed E-state index contributed by atoms with van der Waals surface area (Å²) in [6.07, 6.45) is 0.593. The number of rotatable bonds is 4. The Hall–Kier alpha value is -0.380. The SMILES string of the molecule is CN1CCC(NS(=O)(=O)C(F)F)(C(N)=S)CC1. The second-order valence-corrected chi connectivity index (χ2v) is 6.25. The minimum Gasteiger partial charge on any atom is -0.392 e. The molecule has 0 bridgehead atoms. The van der Waals surface area contributed by atoms with Crippen molar-refractivity contribution in [3.8, 4) is 0 Å². The largest absolute Gasteiger partial charge is 0.392 e. The molecule has 3 N–H and O–H groups in total. The van der Waals surface area contributed by atoms with Gasteiger partial charge in [-0.2, -0.15) is 13.5 Å². The molecule has 0 radical (unpaired) electrons. The zero-order valence-corrected chi connectivity index (χ0v) is 11.0. The van der Waals surface area contributed by atoms with Crippen molar-refractivity contribution in [2.75, 3.05) is 20.1 Å². The Morgan fingerprint density at radius 2 is 1.94 bits per heavy atom. The van der Waals surface area contributed by atoms with E-state index in [9.17, 15) is 17.2 Å². The summed E-state index contributed by atoms with van der Waals surface area (Å²) in [5, 5.41) is 0. The summed E-state index contributed by atoms with van der Waals surface area (Å²) in [6, 6.07) is 0. The molecule has 5 nitrogen and oxygen atoms in total. The highest BCUT2D eigenvalue weighted by Crippen LogP contribution is 2.24. The molecule has 1 aliphatic rings. The minimum absolute atomic E-state index is 0.0881. The number of thiocarbonyl (C=S) groups is 1. The van der Waals surface area contributed by atoms with Gasteiger partial charge in [0.15, 0.2) is 0 Å². The Balaban J connectivity index is 2.92. The van der Waals surface area contributed by atoms with Crippen molar-refractivity contribution in [2.24, 2.45) is 5.73 Å². The summed E-state index contributed by atoms with van der Waals surface area (Å²) >= 11 is 4.81. The Kier molecular flexibility index (Phi) is 4.39. The first-order chi connectivity index (χ1) is 7.69. The maximum absolute atomic E-state index is 12.3. The van der Waals surface area contributed by atoms with E-state index in [0.717, 1.165) is 0 Å². The zero-order chi connectivity index (χ0) is 13.3. The molecular weight excluding hydrogens is 272 g/mol. The lowest BCUT2D eigenvalue weighted by Gasteiger charge is -2.39. The number of alkyl halides is 2. The van der Waals surface area contributed by atoms with Gasteiger partial charge in [0.25, 0.3) is 10.0 Å². The number of piperidine rings is 1. The Morgan fingerprint density at radius 3 is 2.29 bits per heavy atom. The van der Waals surface area contributed by atoms with Gasteiger partial charge < -0.3 is 10.6 Å². The fourth-order valence-electron chi connectivity index (χ4n) is 1.72. The summed E-state index contributed by atoms with van der Waals surface area (Å²) in [7, 11) is -2.84. The molecule has 1 fully saturated rings. The molecule has 100 valence electrons. The molecule has 0 unspecified atom stereocenters. The van der Waals surface area contributed by atoms with Crippen LogP contribution in [-0.2, 0) is 10.0 Å². The third-order valence-electron chi connectivity index (χ3n) is 2.88. The van der Waals surface area contributed by atoms with E-state index in [2.05, 4.69) is 0 Å². The van der Waals surface area contributed by atoms with Crippen LogP contribution in [0.3, 0.4) is 0 Å². The predicted octanol–water partition coefficient (Wildman–Crippen LogP) is -0.121. The second-order valence-electron chi connectivity index (χ2n) is 4.16. The maximum Gasteiger partial charge on any atom is 0.350 e. The summed E-state index contributed by atoms with van der Waals surface area (Å²) in [5.74, 6) is -3.48. The standard InChI is InChI=1S/C8H15F2N3O2S2/c1-13-4-2-8(3-5-13,6(11)16)12-17(14,15)7(9)10/h7,12H,2-5H2,1H3,(H2,11,16). The van der Waals surface area contributed by atoms with Crippen LogP contribution in [0.4, 0.5) is 8.78 Å². The van der Waals surface area contributed by atoms with Crippen molar-refractivity contribution >= 4 is 27.2 Å². The fraction of sp³-hybridized carbons (Fsp3) is 0.875. The lowest BCUT2D eigenvalue weighted by molar-refractivity contribution is 0.206. The third-order valence-corrected chi connectivity index (χ3v) is 4.42. The molecule has 1 aliphatic heterocycles. The van der Waals surface area contributed by atoms with Crippen molar-refractivity contribution in [3.05, 3.63) is 0 Å². The van der Waals surface area contributed by atoms with Gasteiger partial charge in [0, 0.05) is 13.1 Å². The van der Waals surface area contributed by atoms with Crippen molar-refractivity contribution in [3.63, 3.8) is 0 Å². The van der Waals surface area contributed by atoms with Crippen molar-refractivity contribution in [1.82, 2.24) is 9.62 Å². The Labute approximate surface area is 104 Å². The molecule has 0 aromatic rings. The highest BCUT2D eigenvalue weighted by Gasteiger charge is 2.42. The van der Waals surface area contributed by atoms with Gasteiger partial charge in [0.2, 0.25) is 0 Å². The van der Waals surface area contributed by atoms with Crippen LogP contribution in [0.1, 0.15) is 12.8 Å². The lowest BCUT2D eigenvalue weighted by atomic mass is 9.89. The van der Waals surface area contributed by atoms with Gasteiger partial charge in [-0.1, -0.05) is 12.2 Å². The molecule has 0 atom stereocenters. The molecule has 1 rings (SSSR count). The Bertz CT molecular complexity index is 392. The molecule has 0 amide bonds. The molecule has 1 saturated heterocycles. The van der Waals surface area contributed by atoms with Crippen LogP contribution in [0.5, 0.6) is 0 Å². The molecule has 0 spiro atoms. The van der Waals surface area contributed by atoms with Gasteiger partial charge in [0.1, 0.15) is 0 Å². The Morgan fingerprint density at radius 1 is 1.47 bits per heavy atom. The number of hydrogen-bond donors (Lipinski definition) is 2. The summed E-state index contributed by atoms with van der Waals surface area (Å²) < 4.78 is 49.0. The molecule has 17 heavy (non-hydrogen) atoms. The average molecular weight is 287 g/mol. The maximum atomic E-state index is 12.3. The van der Waals surface area contributed by atoms with E-state index >= 15 is 0 Å². The van der Waals surface area contributed by atoms with Crippen molar-refractivity contribution < 1.29 is 17.2 Å². The van der Waals surface area contributed by atoms with Gasteiger partial charge in [0.05, 0.1) is 10.5 Å². The first-order valence-electron chi connectivity index (χ1n) is 4.99. The van der Waals surface area contributed by atoms with E-state index in [1.807, 2.05) is 16.7 Å². The highest BCUT2D eigenvalue weighted by atomic mass is 32.2. The summed E-state index contributed by atoms with van der Waals surface area (Å²) in [5.41, 5.74) is 4.27. The molecule has 0 aromatic heterocycles. The van der Waals surface area contributed by atoms with Crippen LogP contribution in [0.2, 0.25) is 0 Å². The molecule has 9 heteroatoms. The van der Waals surface area contributed by atoms with E-state index in [-0.39, 0.29) is 4.99 Å². The van der Waals surface area contributed by atoms with E-state index in [1.54, 1.807) is 0 Å². The van der Waals surface area contributed by atoms with Crippen LogP contribution in [0.15, 0.2) is 0 Å². The summed E-state index contributed by atoms with van der Waals surface area (Å²) in [4.78, 5) is 1.86. The number of likely N-dealkylation sites (tertiary alicyclic amines) is 1. The van der Waals surface area contributed by atoms with Crippen LogP contribution < -0.4 is 10.5 Å². The summed E-state index contributed by atoms with van der Waals surface area (Å²) in [6.45, 7) is 1.09. The number of sulfonamides is 1. The van der Waals surface area contributed by atoms with Crippen molar-refractivity contribution in [2.45, 2.75) is 24.1 Å². The van der Waals surface area contributed by atoms with Crippen molar-refractivity contribution in [1.29, 1.82) is 0 Å². The first kappa shape index (κ1) is 14.7. The minimum atomic E-state index is -4.69. The number of hydrogen-bond acceptors (Lipinski definition) is 4. The van der Waals surface area contributed by atoms with Gasteiger partial charge in [-0.25, -0.2) is 8.42 Å². The normalized spacial score (nSPS) is 21.6. The van der Waals surface area contributed by atoms with Crippen LogP contribution in [-0.4, -0.2) is 49.7 Å². The molecule has 1 heterocycles. The monoisotopic (exact) mass is 287 g/mol. The highest BCUT2D eigenvalue weighted by molar-refractivity contribution is 7.90. The second kappa shape index (κ2) is 5.09. The lowest BCUT2D eigenvalue weighted by Crippen LogP contribution is -2.61. The number of nitrogens with one attached hydrogen (secondary N) is 1. The van der Waals surface area contributed by atoms with Gasteiger partial charge in [-0.05, 0) is 19.9 Å². The van der Waals surface area contributed by atoms with Gasteiger partial charge in [-0.3, -0.25) is 0 Å². The van der Waals surface area contributed by atoms with Crippen LogP contribution in [0, 0.1) is 0 Å². The average Bonchev–Trinajstić information content (AvgIpc) is 2.21.